The van der Waals surface area contributed by atoms with Gasteiger partial charge >= 0.3 is 158 Å². The van der Waals surface area contributed by atoms with Crippen molar-refractivity contribution >= 4 is 42.3 Å². The molecule has 0 aliphatic carbocycles. The fourth-order valence-electron chi connectivity index (χ4n) is 3.22. The molecular formula is C24H21Bi. The quantitative estimate of drug-likeness (QED) is 0.360. The van der Waals surface area contributed by atoms with Gasteiger partial charge in [0.1, 0.15) is 0 Å². The van der Waals surface area contributed by atoms with Crippen molar-refractivity contribution in [1.29, 1.82) is 0 Å². The molecule has 0 heterocycles. The molecule has 0 aliphatic heterocycles. The first-order valence-corrected chi connectivity index (χ1v) is 13.9. The van der Waals surface area contributed by atoms with E-state index in [4.69, 9.17) is 0 Å². The molecule has 0 nitrogen and oxygen atoms in total. The number of rotatable bonds is 3. The molecule has 4 rings (SSSR count). The van der Waals surface area contributed by atoms with Gasteiger partial charge in [-0.2, -0.15) is 0 Å². The standard InChI is InChI=1S/C10H7.2C7H7.Bi/c1-2-6-10-8-4-3-7-9(10)5-1;2*1-7-5-3-2-4-6-7;/h1-7H;2*3-6H,1H3;. The Balaban J connectivity index is 1.96. The van der Waals surface area contributed by atoms with E-state index in [9.17, 15) is 0 Å². The van der Waals surface area contributed by atoms with E-state index in [1.54, 1.807) is 9.81 Å². The molecule has 122 valence electrons. The topological polar surface area (TPSA) is 0 Å². The molecule has 4 aromatic carbocycles. The van der Waals surface area contributed by atoms with E-state index >= 15 is 0 Å². The zero-order valence-corrected chi connectivity index (χ0v) is 18.1. The van der Waals surface area contributed by atoms with Crippen molar-refractivity contribution in [3.63, 3.8) is 0 Å². The molecule has 0 bridgehead atoms. The normalized spacial score (nSPS) is 11.2. The van der Waals surface area contributed by atoms with Crippen molar-refractivity contribution in [3.05, 3.63) is 102 Å². The molecule has 0 unspecified atom stereocenters. The Hall–Kier alpha value is -1.98. The van der Waals surface area contributed by atoms with Gasteiger partial charge in [-0.05, 0) is 0 Å². The summed E-state index contributed by atoms with van der Waals surface area (Å²) in [6.07, 6.45) is 0. The molecule has 0 spiro atoms. The summed E-state index contributed by atoms with van der Waals surface area (Å²) in [5, 5.41) is 2.77. The fraction of sp³-hybridized carbons (Fsp3) is 0.0833. The van der Waals surface area contributed by atoms with Gasteiger partial charge in [-0.25, -0.2) is 0 Å². The van der Waals surface area contributed by atoms with Gasteiger partial charge in [0.15, 0.2) is 0 Å². The molecule has 4 aromatic rings. The minimum atomic E-state index is -2.31. The van der Waals surface area contributed by atoms with Crippen LogP contribution >= 0.6 is 0 Å². The van der Waals surface area contributed by atoms with E-state index in [0.29, 0.717) is 0 Å². The van der Waals surface area contributed by atoms with E-state index in [0.717, 1.165) is 0 Å². The molecule has 0 saturated heterocycles. The van der Waals surface area contributed by atoms with Crippen LogP contribution in [0, 0.1) is 13.8 Å². The van der Waals surface area contributed by atoms with Crippen LogP contribution in [0.5, 0.6) is 0 Å². The zero-order valence-electron chi connectivity index (χ0n) is 14.6. The van der Waals surface area contributed by atoms with Gasteiger partial charge in [-0.3, -0.25) is 0 Å². The monoisotopic (exact) mass is 518 g/mol. The summed E-state index contributed by atoms with van der Waals surface area (Å²) in [4.78, 5) is 0. The average Bonchev–Trinajstić information content (AvgIpc) is 2.65. The third kappa shape index (κ3) is 3.39. The van der Waals surface area contributed by atoms with Crippen LogP contribution in [-0.4, -0.2) is 21.8 Å². The molecule has 0 amide bonds. The van der Waals surface area contributed by atoms with Gasteiger partial charge in [0.25, 0.3) is 0 Å². The van der Waals surface area contributed by atoms with Crippen molar-refractivity contribution in [2.24, 2.45) is 0 Å². The van der Waals surface area contributed by atoms with Gasteiger partial charge < -0.3 is 0 Å². The summed E-state index contributed by atoms with van der Waals surface area (Å²) in [6.45, 7) is 4.33. The third-order valence-electron chi connectivity index (χ3n) is 4.59. The van der Waals surface area contributed by atoms with Crippen LogP contribution in [0.1, 0.15) is 11.1 Å². The second-order valence-corrected chi connectivity index (χ2v) is 15.0. The summed E-state index contributed by atoms with van der Waals surface area (Å²) in [5.74, 6) is 0. The molecule has 0 saturated carbocycles. The van der Waals surface area contributed by atoms with Gasteiger partial charge in [-0.15, -0.1) is 0 Å². The molecule has 0 fully saturated rings. The van der Waals surface area contributed by atoms with Crippen molar-refractivity contribution in [2.75, 3.05) is 0 Å². The number of hydrogen-bond acceptors (Lipinski definition) is 0. The summed E-state index contributed by atoms with van der Waals surface area (Å²) in [5.41, 5.74) is 2.66. The number of hydrogen-bond donors (Lipinski definition) is 0. The Morgan fingerprint density at radius 1 is 0.520 bits per heavy atom. The van der Waals surface area contributed by atoms with Gasteiger partial charge in [0.05, 0.1) is 0 Å². The van der Waals surface area contributed by atoms with Gasteiger partial charge in [0, 0.05) is 0 Å². The van der Waals surface area contributed by atoms with E-state index in [2.05, 4.69) is 105 Å². The van der Waals surface area contributed by atoms with Crippen molar-refractivity contribution in [3.8, 4) is 0 Å². The van der Waals surface area contributed by atoms with Crippen LogP contribution in [0.25, 0.3) is 10.8 Å². The van der Waals surface area contributed by atoms with Crippen LogP contribution in [0.4, 0.5) is 0 Å². The number of fused-ring (bicyclic) bond motifs is 1. The first-order chi connectivity index (χ1) is 12.2. The van der Waals surface area contributed by atoms with Crippen molar-refractivity contribution in [2.45, 2.75) is 13.8 Å². The second kappa shape index (κ2) is 7.10. The van der Waals surface area contributed by atoms with Crippen molar-refractivity contribution in [1.82, 2.24) is 0 Å². The average molecular weight is 518 g/mol. The van der Waals surface area contributed by atoms with Gasteiger partial charge in [0.2, 0.25) is 0 Å². The second-order valence-electron chi connectivity index (χ2n) is 6.50. The van der Waals surface area contributed by atoms with E-state index in [1.807, 2.05) is 0 Å². The SMILES string of the molecule is Cc1cc[c]([Bi]([c]2ccc(C)cc2)[c]2cccc3ccccc23)cc1. The van der Waals surface area contributed by atoms with Crippen molar-refractivity contribution < 1.29 is 0 Å². The molecule has 0 radical (unpaired) electrons. The maximum atomic E-state index is 2.36. The first-order valence-electron chi connectivity index (χ1n) is 8.63. The van der Waals surface area contributed by atoms with E-state index in [1.165, 1.54) is 21.9 Å². The predicted molar refractivity (Wildman–Crippen MR) is 111 cm³/mol. The molecule has 25 heavy (non-hydrogen) atoms. The zero-order chi connectivity index (χ0) is 17.2. The molecule has 0 aliphatic rings. The maximum absolute atomic E-state index is 2.36. The third-order valence-corrected chi connectivity index (χ3v) is 14.3. The van der Waals surface area contributed by atoms with Crippen LogP contribution < -0.4 is 9.81 Å². The summed E-state index contributed by atoms with van der Waals surface area (Å²) < 4.78 is 4.66. The summed E-state index contributed by atoms with van der Waals surface area (Å²) in [6, 6.07) is 34.1. The minimum absolute atomic E-state index is 1.33. The molecule has 1 heteroatoms. The Labute approximate surface area is 157 Å². The van der Waals surface area contributed by atoms with Crippen LogP contribution in [0.2, 0.25) is 0 Å². The predicted octanol–water partition coefficient (Wildman–Crippen LogP) is 3.97. The summed E-state index contributed by atoms with van der Waals surface area (Å²) >= 11 is -2.31. The molecule has 0 aromatic heterocycles. The van der Waals surface area contributed by atoms with E-state index in [-0.39, 0.29) is 0 Å². The first kappa shape index (κ1) is 16.5. The Morgan fingerprint density at radius 3 is 1.64 bits per heavy atom. The van der Waals surface area contributed by atoms with Crippen LogP contribution in [0.3, 0.4) is 0 Å². The fourth-order valence-corrected chi connectivity index (χ4v) is 12.7. The molecule has 0 atom stereocenters. The number of aryl methyl sites for hydroxylation is 2. The Bertz CT molecular complexity index is 947. The Morgan fingerprint density at radius 2 is 1.04 bits per heavy atom. The number of benzene rings is 4. The molecular weight excluding hydrogens is 497 g/mol. The summed E-state index contributed by atoms with van der Waals surface area (Å²) in [7, 11) is 0. The Kier molecular flexibility index (Phi) is 4.68. The van der Waals surface area contributed by atoms with Gasteiger partial charge in [-0.1, -0.05) is 0 Å². The van der Waals surface area contributed by atoms with Crippen LogP contribution in [0.15, 0.2) is 91.0 Å². The van der Waals surface area contributed by atoms with Crippen LogP contribution in [-0.2, 0) is 0 Å². The molecule has 0 N–H and O–H groups in total. The van der Waals surface area contributed by atoms with E-state index < -0.39 is 21.8 Å².